The van der Waals surface area contributed by atoms with Crippen LogP contribution in [0.2, 0.25) is 0 Å². The SMILES string of the molecule is CN1CCCN(C2CC2)C(=O)C1CCO. The minimum Gasteiger partial charge on any atom is -0.396 e. The molecule has 0 aromatic heterocycles. The summed E-state index contributed by atoms with van der Waals surface area (Å²) in [7, 11) is 1.98. The van der Waals surface area contributed by atoms with Crippen molar-refractivity contribution in [1.82, 2.24) is 9.80 Å². The summed E-state index contributed by atoms with van der Waals surface area (Å²) < 4.78 is 0. The molecule has 1 saturated heterocycles. The van der Waals surface area contributed by atoms with E-state index in [2.05, 4.69) is 4.90 Å². The van der Waals surface area contributed by atoms with Gasteiger partial charge in [0, 0.05) is 25.7 Å². The first-order valence-corrected chi connectivity index (χ1v) is 5.85. The van der Waals surface area contributed by atoms with Gasteiger partial charge in [0.2, 0.25) is 5.91 Å². The molecule has 1 aliphatic carbocycles. The Hall–Kier alpha value is -0.610. The Balaban J connectivity index is 2.06. The van der Waals surface area contributed by atoms with Crippen molar-refractivity contribution in [2.45, 2.75) is 37.8 Å². The predicted octanol–water partition coefficient (Wildman–Crippen LogP) is 0.0639. The number of carbonyl (C=O) groups is 1. The summed E-state index contributed by atoms with van der Waals surface area (Å²) in [5.41, 5.74) is 0. The summed E-state index contributed by atoms with van der Waals surface area (Å²) in [6.07, 6.45) is 3.96. The lowest BCUT2D eigenvalue weighted by molar-refractivity contribution is -0.136. The van der Waals surface area contributed by atoms with E-state index in [-0.39, 0.29) is 18.6 Å². The van der Waals surface area contributed by atoms with E-state index in [1.54, 1.807) is 0 Å². The molecule has 86 valence electrons. The molecular weight excluding hydrogens is 192 g/mol. The molecule has 15 heavy (non-hydrogen) atoms. The normalized spacial score (nSPS) is 29.3. The topological polar surface area (TPSA) is 43.8 Å². The first-order valence-electron chi connectivity index (χ1n) is 5.85. The fraction of sp³-hybridized carbons (Fsp3) is 0.909. The van der Waals surface area contributed by atoms with Gasteiger partial charge in [0.15, 0.2) is 0 Å². The Kier molecular flexibility index (Phi) is 3.26. The summed E-state index contributed by atoms with van der Waals surface area (Å²) in [6, 6.07) is 0.406. The van der Waals surface area contributed by atoms with Crippen LogP contribution >= 0.6 is 0 Å². The number of likely N-dealkylation sites (N-methyl/N-ethyl adjacent to an activating group) is 1. The second-order valence-corrected chi connectivity index (χ2v) is 4.63. The quantitative estimate of drug-likeness (QED) is 0.719. The third-order valence-electron chi connectivity index (χ3n) is 3.40. The van der Waals surface area contributed by atoms with Crippen molar-refractivity contribution in [3.8, 4) is 0 Å². The molecule has 1 atom stereocenters. The molecule has 1 N–H and O–H groups in total. The van der Waals surface area contributed by atoms with Gasteiger partial charge >= 0.3 is 0 Å². The van der Waals surface area contributed by atoms with E-state index in [9.17, 15) is 4.79 Å². The molecule has 0 aromatic carbocycles. The van der Waals surface area contributed by atoms with Crippen LogP contribution in [0.1, 0.15) is 25.7 Å². The first kappa shape index (κ1) is 10.9. The van der Waals surface area contributed by atoms with Crippen molar-refractivity contribution < 1.29 is 9.90 Å². The summed E-state index contributed by atoms with van der Waals surface area (Å²) >= 11 is 0. The van der Waals surface area contributed by atoms with Gasteiger partial charge in [0.25, 0.3) is 0 Å². The number of hydrogen-bond acceptors (Lipinski definition) is 3. The van der Waals surface area contributed by atoms with Crippen LogP contribution in [0, 0.1) is 0 Å². The maximum atomic E-state index is 12.2. The Bertz CT molecular complexity index is 241. The zero-order valence-electron chi connectivity index (χ0n) is 9.35. The zero-order valence-corrected chi connectivity index (χ0v) is 9.35. The molecule has 1 aliphatic heterocycles. The molecule has 2 rings (SSSR count). The van der Waals surface area contributed by atoms with Crippen molar-refractivity contribution in [3.63, 3.8) is 0 Å². The highest BCUT2D eigenvalue weighted by atomic mass is 16.3. The van der Waals surface area contributed by atoms with E-state index in [0.29, 0.717) is 12.5 Å². The van der Waals surface area contributed by atoms with Gasteiger partial charge in [-0.3, -0.25) is 9.69 Å². The molecule has 0 bridgehead atoms. The summed E-state index contributed by atoms with van der Waals surface area (Å²) in [6.45, 7) is 1.95. The lowest BCUT2D eigenvalue weighted by Crippen LogP contribution is -2.45. The Morgan fingerprint density at radius 3 is 2.73 bits per heavy atom. The van der Waals surface area contributed by atoms with Crippen molar-refractivity contribution in [1.29, 1.82) is 0 Å². The second kappa shape index (κ2) is 4.49. The third-order valence-corrected chi connectivity index (χ3v) is 3.40. The fourth-order valence-corrected chi connectivity index (χ4v) is 2.35. The van der Waals surface area contributed by atoms with E-state index in [4.69, 9.17) is 5.11 Å². The lowest BCUT2D eigenvalue weighted by atomic mass is 10.1. The molecule has 0 aromatic rings. The third kappa shape index (κ3) is 2.32. The number of rotatable bonds is 3. The Labute approximate surface area is 90.9 Å². The van der Waals surface area contributed by atoms with Gasteiger partial charge < -0.3 is 10.0 Å². The van der Waals surface area contributed by atoms with Gasteiger partial charge in [-0.2, -0.15) is 0 Å². The van der Waals surface area contributed by atoms with E-state index >= 15 is 0 Å². The van der Waals surface area contributed by atoms with Gasteiger partial charge in [-0.1, -0.05) is 0 Å². The van der Waals surface area contributed by atoms with Crippen LogP contribution in [-0.4, -0.2) is 59.6 Å². The molecular formula is C11H20N2O2. The zero-order chi connectivity index (χ0) is 10.8. The Morgan fingerprint density at radius 1 is 1.40 bits per heavy atom. The Morgan fingerprint density at radius 2 is 2.13 bits per heavy atom. The van der Waals surface area contributed by atoms with Crippen LogP contribution in [0.15, 0.2) is 0 Å². The van der Waals surface area contributed by atoms with Crippen molar-refractivity contribution in [2.75, 3.05) is 26.7 Å². The highest BCUT2D eigenvalue weighted by Crippen LogP contribution is 2.29. The summed E-state index contributed by atoms with van der Waals surface area (Å²) in [5.74, 6) is 0.228. The minimum absolute atomic E-state index is 0.0965. The average molecular weight is 212 g/mol. The standard InChI is InChI=1S/C11H20N2O2/c1-12-6-2-7-13(9-3-4-9)11(15)10(12)5-8-14/h9-10,14H,2-8H2,1H3. The molecule has 0 spiro atoms. The van der Waals surface area contributed by atoms with E-state index in [1.807, 2.05) is 11.9 Å². The van der Waals surface area contributed by atoms with Gasteiger partial charge in [0.05, 0.1) is 6.04 Å². The molecule has 4 heteroatoms. The number of carbonyl (C=O) groups excluding carboxylic acids is 1. The lowest BCUT2D eigenvalue weighted by Gasteiger charge is -2.27. The van der Waals surface area contributed by atoms with Crippen LogP contribution in [0.5, 0.6) is 0 Å². The van der Waals surface area contributed by atoms with Crippen LogP contribution in [0.4, 0.5) is 0 Å². The second-order valence-electron chi connectivity index (χ2n) is 4.63. The summed E-state index contributed by atoms with van der Waals surface area (Å²) in [4.78, 5) is 16.3. The van der Waals surface area contributed by atoms with Crippen molar-refractivity contribution >= 4 is 5.91 Å². The molecule has 0 radical (unpaired) electrons. The number of amides is 1. The predicted molar refractivity (Wildman–Crippen MR) is 57.5 cm³/mol. The van der Waals surface area contributed by atoms with Crippen LogP contribution in [0.25, 0.3) is 0 Å². The molecule has 1 amide bonds. The minimum atomic E-state index is -0.0990. The fourth-order valence-electron chi connectivity index (χ4n) is 2.35. The molecule has 2 aliphatic rings. The monoisotopic (exact) mass is 212 g/mol. The molecule has 2 fully saturated rings. The maximum absolute atomic E-state index is 12.2. The largest absolute Gasteiger partial charge is 0.396 e. The van der Waals surface area contributed by atoms with Crippen molar-refractivity contribution in [2.24, 2.45) is 0 Å². The van der Waals surface area contributed by atoms with Gasteiger partial charge in [-0.25, -0.2) is 0 Å². The number of hydrogen-bond donors (Lipinski definition) is 1. The van der Waals surface area contributed by atoms with E-state index < -0.39 is 0 Å². The molecule has 1 heterocycles. The highest BCUT2D eigenvalue weighted by Gasteiger charge is 2.38. The smallest absolute Gasteiger partial charge is 0.240 e. The molecule has 4 nitrogen and oxygen atoms in total. The number of aliphatic hydroxyl groups excluding tert-OH is 1. The molecule has 1 unspecified atom stereocenters. The summed E-state index contributed by atoms with van der Waals surface area (Å²) in [5, 5.41) is 8.99. The van der Waals surface area contributed by atoms with Gasteiger partial charge in [-0.05, 0) is 32.7 Å². The highest BCUT2D eigenvalue weighted by molar-refractivity contribution is 5.82. The molecule has 1 saturated carbocycles. The van der Waals surface area contributed by atoms with Crippen LogP contribution in [0.3, 0.4) is 0 Å². The number of nitrogens with zero attached hydrogens (tertiary/aromatic N) is 2. The number of aliphatic hydroxyl groups is 1. The van der Waals surface area contributed by atoms with Gasteiger partial charge in [-0.15, -0.1) is 0 Å². The van der Waals surface area contributed by atoms with E-state index in [0.717, 1.165) is 19.5 Å². The van der Waals surface area contributed by atoms with Crippen molar-refractivity contribution in [3.05, 3.63) is 0 Å². The van der Waals surface area contributed by atoms with E-state index in [1.165, 1.54) is 12.8 Å². The maximum Gasteiger partial charge on any atom is 0.240 e. The van der Waals surface area contributed by atoms with Crippen LogP contribution in [-0.2, 0) is 4.79 Å². The average Bonchev–Trinajstić information content (AvgIpc) is 3.02. The van der Waals surface area contributed by atoms with Crippen LogP contribution < -0.4 is 0 Å². The van der Waals surface area contributed by atoms with Gasteiger partial charge in [0.1, 0.15) is 0 Å². The first-order chi connectivity index (χ1) is 7.24.